The number of nitriles is 3. The molecule has 2 aliphatic rings. The molecule has 1 aromatic rings. The van der Waals surface area contributed by atoms with Crippen LogP contribution in [0.5, 0.6) is 0 Å². The molecule has 1 heterocycles. The van der Waals surface area contributed by atoms with Crippen LogP contribution in [0.15, 0.2) is 35.9 Å². The topological polar surface area (TPSA) is 98.5 Å². The fraction of sp³-hybridized carbons (Fsp3) is 0.455. The van der Waals surface area contributed by atoms with E-state index in [1.165, 1.54) is 0 Å². The number of rotatable bonds is 2. The van der Waals surface area contributed by atoms with Gasteiger partial charge < -0.3 is 5.41 Å². The summed E-state index contributed by atoms with van der Waals surface area (Å²) < 4.78 is 0. The molecule has 136 valence electrons. The first-order chi connectivity index (χ1) is 12.9. The van der Waals surface area contributed by atoms with Crippen molar-refractivity contribution in [3.63, 3.8) is 0 Å². The van der Waals surface area contributed by atoms with E-state index in [-0.39, 0.29) is 11.6 Å². The predicted octanol–water partition coefficient (Wildman–Crippen LogP) is 3.55. The molecule has 1 fully saturated rings. The second-order valence-electron chi connectivity index (χ2n) is 7.75. The van der Waals surface area contributed by atoms with Crippen LogP contribution in [0.1, 0.15) is 30.9 Å². The van der Waals surface area contributed by atoms with Crippen LogP contribution in [0.2, 0.25) is 0 Å². The average Bonchev–Trinajstić information content (AvgIpc) is 2.67. The van der Waals surface area contributed by atoms with E-state index >= 15 is 0 Å². The highest BCUT2D eigenvalue weighted by Gasteiger charge is 2.57. The molecule has 1 N–H and O–H groups in total. The van der Waals surface area contributed by atoms with Crippen LogP contribution < -0.4 is 0 Å². The fourth-order valence-electron chi connectivity index (χ4n) is 4.40. The number of hydrogen-bond acceptors (Lipinski definition) is 5. The smallest absolute Gasteiger partial charge is 0.189 e. The maximum Gasteiger partial charge on any atom is 0.189 e. The van der Waals surface area contributed by atoms with Crippen molar-refractivity contribution in [1.82, 2.24) is 4.90 Å². The quantitative estimate of drug-likeness (QED) is 0.818. The van der Waals surface area contributed by atoms with Gasteiger partial charge >= 0.3 is 0 Å². The van der Waals surface area contributed by atoms with E-state index in [0.717, 1.165) is 23.2 Å². The van der Waals surface area contributed by atoms with E-state index in [4.69, 9.17) is 5.41 Å². The summed E-state index contributed by atoms with van der Waals surface area (Å²) in [4.78, 5) is 2.29. The minimum Gasteiger partial charge on any atom is -0.305 e. The zero-order valence-corrected chi connectivity index (χ0v) is 15.9. The van der Waals surface area contributed by atoms with E-state index in [1.54, 1.807) is 0 Å². The molecular weight excluding hydrogens is 334 g/mol. The van der Waals surface area contributed by atoms with Gasteiger partial charge in [-0.25, -0.2) is 0 Å². The summed E-state index contributed by atoms with van der Waals surface area (Å²) in [5.41, 5.74) is 1.17. The maximum absolute atomic E-state index is 10.0. The van der Waals surface area contributed by atoms with E-state index in [0.29, 0.717) is 12.6 Å². The highest BCUT2D eigenvalue weighted by Crippen LogP contribution is 2.53. The summed E-state index contributed by atoms with van der Waals surface area (Å²) >= 11 is 0. The Morgan fingerprint density at radius 3 is 2.30 bits per heavy atom. The molecule has 0 spiro atoms. The summed E-state index contributed by atoms with van der Waals surface area (Å²) in [5.74, 6) is -1.40. The zero-order chi connectivity index (χ0) is 19.8. The molecule has 5 nitrogen and oxygen atoms in total. The highest BCUT2D eigenvalue weighted by molar-refractivity contribution is 6.00. The SMILES string of the molecule is Cc1ccc([C@H]2[C@@H]3CN(C(C)C)CC=C3[C@H](C#N)C(=N)C2(C#N)C#N)cc1. The second-order valence-corrected chi connectivity index (χ2v) is 7.75. The third-order valence-electron chi connectivity index (χ3n) is 5.99. The van der Waals surface area contributed by atoms with Crippen LogP contribution in [0.4, 0.5) is 0 Å². The van der Waals surface area contributed by atoms with Crippen LogP contribution >= 0.6 is 0 Å². The number of aryl methyl sites for hydroxylation is 1. The number of nitrogens with zero attached hydrogens (tertiary/aromatic N) is 4. The van der Waals surface area contributed by atoms with Gasteiger partial charge in [-0.1, -0.05) is 35.9 Å². The van der Waals surface area contributed by atoms with Crippen molar-refractivity contribution in [3.05, 3.63) is 47.0 Å². The van der Waals surface area contributed by atoms with Gasteiger partial charge in [-0.15, -0.1) is 0 Å². The highest BCUT2D eigenvalue weighted by atomic mass is 15.2. The van der Waals surface area contributed by atoms with Crippen LogP contribution in [-0.4, -0.2) is 29.7 Å². The molecule has 5 heteroatoms. The second kappa shape index (κ2) is 6.99. The zero-order valence-electron chi connectivity index (χ0n) is 15.9. The number of benzene rings is 1. The third-order valence-corrected chi connectivity index (χ3v) is 5.99. The lowest BCUT2D eigenvalue weighted by Gasteiger charge is -2.48. The Hall–Kier alpha value is -2.94. The molecule has 0 unspecified atom stereocenters. The monoisotopic (exact) mass is 357 g/mol. The standard InChI is InChI=1S/C22H23N5/c1-14(2)27-9-8-17-18(10-23)21(26)22(12-24,13-25)20(19(17)11-27)16-6-4-15(3)5-7-16/h4-8,14,18-20,26H,9,11H2,1-3H3/t18-,19+,20-/m0/s1. The maximum atomic E-state index is 10.0. The van der Waals surface area contributed by atoms with Crippen molar-refractivity contribution >= 4 is 5.71 Å². The lowest BCUT2D eigenvalue weighted by atomic mass is 9.54. The minimum atomic E-state index is -1.63. The van der Waals surface area contributed by atoms with Crippen molar-refractivity contribution in [1.29, 1.82) is 21.2 Å². The minimum absolute atomic E-state index is 0.0823. The normalized spacial score (nSPS) is 27.1. The predicted molar refractivity (Wildman–Crippen MR) is 103 cm³/mol. The number of fused-ring (bicyclic) bond motifs is 1. The number of nitrogens with one attached hydrogen (secondary N) is 1. The Balaban J connectivity index is 2.23. The van der Waals surface area contributed by atoms with Crippen LogP contribution in [-0.2, 0) is 0 Å². The van der Waals surface area contributed by atoms with Crippen LogP contribution in [0.25, 0.3) is 0 Å². The van der Waals surface area contributed by atoms with Crippen LogP contribution in [0, 0.1) is 63.6 Å². The molecule has 0 bridgehead atoms. The molecular formula is C22H23N5. The van der Waals surface area contributed by atoms with E-state index < -0.39 is 17.3 Å². The average molecular weight is 357 g/mol. The molecule has 3 rings (SSSR count). The van der Waals surface area contributed by atoms with E-state index in [1.807, 2.05) is 37.3 Å². The lowest BCUT2D eigenvalue weighted by Crippen LogP contribution is -2.53. The molecule has 1 aromatic carbocycles. The Morgan fingerprint density at radius 1 is 1.15 bits per heavy atom. The van der Waals surface area contributed by atoms with Gasteiger partial charge in [-0.05, 0) is 31.9 Å². The molecule has 0 aromatic heterocycles. The molecule has 0 radical (unpaired) electrons. The fourth-order valence-corrected chi connectivity index (χ4v) is 4.40. The van der Waals surface area contributed by atoms with E-state index in [2.05, 4.69) is 37.0 Å². The van der Waals surface area contributed by atoms with Crippen molar-refractivity contribution < 1.29 is 0 Å². The van der Waals surface area contributed by atoms with Gasteiger partial charge in [0.05, 0.1) is 23.9 Å². The number of hydrogen-bond donors (Lipinski definition) is 1. The molecule has 0 amide bonds. The lowest BCUT2D eigenvalue weighted by molar-refractivity contribution is 0.171. The van der Waals surface area contributed by atoms with Gasteiger partial charge in [0.25, 0.3) is 0 Å². The summed E-state index contributed by atoms with van der Waals surface area (Å²) in [6.45, 7) is 7.63. The molecule has 0 saturated heterocycles. The van der Waals surface area contributed by atoms with Crippen molar-refractivity contribution in [3.8, 4) is 18.2 Å². The first-order valence-corrected chi connectivity index (χ1v) is 9.21. The van der Waals surface area contributed by atoms with Gasteiger partial charge in [-0.2, -0.15) is 15.8 Å². The first-order valence-electron chi connectivity index (χ1n) is 9.21. The Kier molecular flexibility index (Phi) is 4.88. The van der Waals surface area contributed by atoms with Gasteiger partial charge in [-0.3, -0.25) is 4.90 Å². The van der Waals surface area contributed by atoms with Gasteiger partial charge in [0.2, 0.25) is 0 Å². The van der Waals surface area contributed by atoms with Gasteiger partial charge in [0.1, 0.15) is 5.92 Å². The Bertz CT molecular complexity index is 890. The molecule has 1 aliphatic carbocycles. The van der Waals surface area contributed by atoms with E-state index in [9.17, 15) is 15.8 Å². The third kappa shape index (κ3) is 2.84. The summed E-state index contributed by atoms with van der Waals surface area (Å²) in [6.07, 6.45) is 2.04. The van der Waals surface area contributed by atoms with Gasteiger partial charge in [0, 0.05) is 31.0 Å². The molecule has 1 saturated carbocycles. The van der Waals surface area contributed by atoms with Crippen molar-refractivity contribution in [2.45, 2.75) is 32.7 Å². The summed E-state index contributed by atoms with van der Waals surface area (Å²) in [7, 11) is 0. The molecule has 27 heavy (non-hydrogen) atoms. The van der Waals surface area contributed by atoms with Crippen LogP contribution in [0.3, 0.4) is 0 Å². The summed E-state index contributed by atoms with van der Waals surface area (Å²) in [6, 6.07) is 14.6. The van der Waals surface area contributed by atoms with Crippen molar-refractivity contribution in [2.75, 3.05) is 13.1 Å². The summed E-state index contributed by atoms with van der Waals surface area (Å²) in [5, 5.41) is 38.4. The molecule has 1 aliphatic heterocycles. The largest absolute Gasteiger partial charge is 0.305 e. The van der Waals surface area contributed by atoms with Crippen molar-refractivity contribution in [2.24, 2.45) is 17.3 Å². The Morgan fingerprint density at radius 2 is 1.78 bits per heavy atom. The first kappa shape index (κ1) is 18.8. The Labute approximate surface area is 160 Å². The molecule has 3 atom stereocenters. The van der Waals surface area contributed by atoms with Gasteiger partial charge in [0.15, 0.2) is 5.41 Å².